The van der Waals surface area contributed by atoms with Crippen molar-refractivity contribution in [3.8, 4) is 0 Å². The summed E-state index contributed by atoms with van der Waals surface area (Å²) < 4.78 is 12.5. The molecule has 11 heavy (non-hydrogen) atoms. The summed E-state index contributed by atoms with van der Waals surface area (Å²) in [5.41, 5.74) is 0.336. The van der Waals surface area contributed by atoms with E-state index < -0.39 is 5.82 Å². The standard InChI is InChI=1S/C7H5ClF.HI.Zn/c1-5-3-2-4-6(8)7(5)9;;/h2-4H,1H2;1H;/q-1;;+2/p-1. The Morgan fingerprint density at radius 3 is 2.27 bits per heavy atom. The van der Waals surface area contributed by atoms with E-state index in [1.54, 1.807) is 12.1 Å². The van der Waals surface area contributed by atoms with Gasteiger partial charge in [0.25, 0.3) is 0 Å². The molecule has 0 aliphatic carbocycles. The summed E-state index contributed by atoms with van der Waals surface area (Å²) in [6, 6.07) is 4.72. The van der Waals surface area contributed by atoms with E-state index in [2.05, 4.69) is 6.92 Å². The third kappa shape index (κ3) is 3.72. The summed E-state index contributed by atoms with van der Waals surface area (Å²) in [5.74, 6) is -0.431. The molecule has 0 heterocycles. The van der Waals surface area contributed by atoms with Crippen LogP contribution in [-0.2, 0) is 19.5 Å². The Bertz CT molecular complexity index is 209. The molecule has 56 valence electrons. The summed E-state index contributed by atoms with van der Waals surface area (Å²) in [4.78, 5) is 0. The minimum atomic E-state index is -0.431. The number of halogens is 3. The molecule has 0 bridgehead atoms. The zero-order valence-electron chi connectivity index (χ0n) is 5.78. The minimum Gasteiger partial charge on any atom is -1.00 e. The molecule has 1 aromatic rings. The number of rotatable bonds is 0. The Hall–Kier alpha value is 0.663. The van der Waals surface area contributed by atoms with Crippen LogP contribution in [0.4, 0.5) is 4.39 Å². The van der Waals surface area contributed by atoms with Crippen molar-refractivity contribution in [2.45, 2.75) is 0 Å². The average molecular weight is 336 g/mol. The summed E-state index contributed by atoms with van der Waals surface area (Å²) >= 11 is 5.40. The molecule has 1 rings (SSSR count). The molecule has 0 saturated carbocycles. The fourth-order valence-electron chi connectivity index (χ4n) is 0.548. The van der Waals surface area contributed by atoms with Crippen molar-refractivity contribution in [2.24, 2.45) is 0 Å². The summed E-state index contributed by atoms with van der Waals surface area (Å²) in [6.07, 6.45) is 0. The van der Waals surface area contributed by atoms with Crippen molar-refractivity contribution in [3.05, 3.63) is 41.5 Å². The fourth-order valence-corrected chi connectivity index (χ4v) is 0.743. The van der Waals surface area contributed by atoms with Gasteiger partial charge in [-0.3, -0.25) is 4.39 Å². The van der Waals surface area contributed by atoms with E-state index in [1.807, 2.05) is 0 Å². The largest absolute Gasteiger partial charge is 2.00 e. The van der Waals surface area contributed by atoms with Crippen molar-refractivity contribution in [1.29, 1.82) is 0 Å². The van der Waals surface area contributed by atoms with Crippen LogP contribution in [-0.4, -0.2) is 0 Å². The van der Waals surface area contributed by atoms with Crippen LogP contribution in [0.5, 0.6) is 0 Å². The summed E-state index contributed by atoms with van der Waals surface area (Å²) in [5, 5.41) is 0.127. The quantitative estimate of drug-likeness (QED) is 0.346. The van der Waals surface area contributed by atoms with E-state index in [9.17, 15) is 4.39 Å². The van der Waals surface area contributed by atoms with Gasteiger partial charge in [-0.15, -0.1) is 6.07 Å². The molecule has 0 aliphatic heterocycles. The van der Waals surface area contributed by atoms with Gasteiger partial charge in [-0.1, -0.05) is 17.7 Å². The first-order valence-electron chi connectivity index (χ1n) is 2.48. The van der Waals surface area contributed by atoms with Gasteiger partial charge in [-0.25, -0.2) is 0 Å². The van der Waals surface area contributed by atoms with Crippen LogP contribution >= 0.6 is 11.6 Å². The molecule has 4 heteroatoms. The van der Waals surface area contributed by atoms with E-state index in [0.29, 0.717) is 5.56 Å². The van der Waals surface area contributed by atoms with E-state index in [1.165, 1.54) is 6.07 Å². The maximum Gasteiger partial charge on any atom is 2.00 e. The third-order valence-electron chi connectivity index (χ3n) is 1.03. The second kappa shape index (κ2) is 6.21. The molecule has 0 N–H and O–H groups in total. The van der Waals surface area contributed by atoms with Crippen molar-refractivity contribution in [2.75, 3.05) is 0 Å². The van der Waals surface area contributed by atoms with E-state index >= 15 is 0 Å². The molecule has 0 nitrogen and oxygen atoms in total. The summed E-state index contributed by atoms with van der Waals surface area (Å²) in [7, 11) is 0. The maximum atomic E-state index is 12.5. The Morgan fingerprint density at radius 2 is 1.91 bits per heavy atom. The van der Waals surface area contributed by atoms with Gasteiger partial charge in [0.05, 0.1) is 0 Å². The third-order valence-corrected chi connectivity index (χ3v) is 1.32. The normalized spacial score (nSPS) is 7.82. The molecule has 0 aromatic heterocycles. The van der Waals surface area contributed by atoms with Gasteiger partial charge in [0.1, 0.15) is 0 Å². The first-order valence-corrected chi connectivity index (χ1v) is 2.85. The zero-order chi connectivity index (χ0) is 6.85. The number of hydrogen-bond acceptors (Lipinski definition) is 0. The number of hydrogen-bond donors (Lipinski definition) is 0. The second-order valence-electron chi connectivity index (χ2n) is 1.71. The summed E-state index contributed by atoms with van der Waals surface area (Å²) in [6.45, 7) is 3.42. The van der Waals surface area contributed by atoms with Crippen LogP contribution in [0, 0.1) is 12.7 Å². The van der Waals surface area contributed by atoms with Crippen LogP contribution < -0.4 is 24.0 Å². The molecular formula is C7H5ClFIZn. The average Bonchev–Trinajstić information content (AvgIpc) is 1.83. The Balaban J connectivity index is 0. The molecule has 0 unspecified atom stereocenters. The van der Waals surface area contributed by atoms with Crippen LogP contribution in [0.15, 0.2) is 18.2 Å². The molecule has 0 spiro atoms. The Labute approximate surface area is 100 Å². The van der Waals surface area contributed by atoms with Gasteiger partial charge in [0.2, 0.25) is 0 Å². The zero-order valence-corrected chi connectivity index (χ0v) is 11.7. The van der Waals surface area contributed by atoms with Crippen molar-refractivity contribution in [1.82, 2.24) is 0 Å². The number of benzene rings is 1. The molecule has 0 aliphatic rings. The second-order valence-corrected chi connectivity index (χ2v) is 2.12. The minimum absolute atomic E-state index is 0. The molecule has 0 saturated heterocycles. The molecule has 1 aromatic carbocycles. The molecule has 0 radical (unpaired) electrons. The van der Waals surface area contributed by atoms with Gasteiger partial charge in [-0.05, 0) is 0 Å². The van der Waals surface area contributed by atoms with Gasteiger partial charge in [-0.2, -0.15) is 18.6 Å². The molecular weight excluding hydrogens is 331 g/mol. The molecule has 0 atom stereocenters. The first-order chi connectivity index (χ1) is 4.22. The van der Waals surface area contributed by atoms with Crippen molar-refractivity contribution in [3.63, 3.8) is 0 Å². The Morgan fingerprint density at radius 1 is 1.36 bits per heavy atom. The monoisotopic (exact) mass is 334 g/mol. The van der Waals surface area contributed by atoms with E-state index in [0.717, 1.165) is 0 Å². The molecule has 0 fully saturated rings. The predicted octanol–water partition coefficient (Wildman–Crippen LogP) is -0.337. The SMILES string of the molecule is [CH2-]c1cccc(Cl)c1F.[I-].[Zn+2]. The predicted molar refractivity (Wildman–Crippen MR) is 35.9 cm³/mol. The van der Waals surface area contributed by atoms with E-state index in [-0.39, 0.29) is 48.5 Å². The van der Waals surface area contributed by atoms with Crippen molar-refractivity contribution < 1.29 is 47.8 Å². The topological polar surface area (TPSA) is 0 Å². The smallest absolute Gasteiger partial charge is 1.00 e. The van der Waals surface area contributed by atoms with Gasteiger partial charge in [0, 0.05) is 10.8 Å². The molecule has 0 amide bonds. The van der Waals surface area contributed by atoms with Gasteiger partial charge < -0.3 is 24.0 Å². The van der Waals surface area contributed by atoms with Gasteiger partial charge >= 0.3 is 19.5 Å². The Kier molecular flexibility index (Phi) is 8.02. The van der Waals surface area contributed by atoms with Gasteiger partial charge in [0.15, 0.2) is 0 Å². The van der Waals surface area contributed by atoms with Crippen LogP contribution in [0.2, 0.25) is 5.02 Å². The first kappa shape index (κ1) is 14.2. The van der Waals surface area contributed by atoms with Crippen LogP contribution in [0.1, 0.15) is 5.56 Å². The van der Waals surface area contributed by atoms with Crippen molar-refractivity contribution >= 4 is 11.6 Å². The van der Waals surface area contributed by atoms with Crippen LogP contribution in [0.3, 0.4) is 0 Å². The van der Waals surface area contributed by atoms with Crippen LogP contribution in [0.25, 0.3) is 0 Å². The van der Waals surface area contributed by atoms with E-state index in [4.69, 9.17) is 11.6 Å². The fraction of sp³-hybridized carbons (Fsp3) is 0. The maximum absolute atomic E-state index is 12.5.